The SMILES string of the molecule is CC(=O)OC[C@H]1O[C@@H](C(C)(C)C)[C@H](OC(C)=O)[C@@]1(C)OC(C)=O. The molecule has 0 radical (unpaired) electrons. The van der Waals surface area contributed by atoms with Gasteiger partial charge in [0.15, 0.2) is 11.7 Å². The van der Waals surface area contributed by atoms with E-state index in [0.29, 0.717) is 0 Å². The van der Waals surface area contributed by atoms with Crippen LogP contribution in [0.1, 0.15) is 48.5 Å². The molecule has 0 amide bonds. The van der Waals surface area contributed by atoms with Gasteiger partial charge in [-0.2, -0.15) is 0 Å². The Bertz CT molecular complexity index is 479. The number of hydrogen-bond acceptors (Lipinski definition) is 7. The van der Waals surface area contributed by atoms with Crippen molar-refractivity contribution in [3.63, 3.8) is 0 Å². The molecule has 0 spiro atoms. The molecule has 0 aliphatic carbocycles. The van der Waals surface area contributed by atoms with E-state index in [9.17, 15) is 14.4 Å². The number of esters is 3. The molecule has 132 valence electrons. The normalized spacial score (nSPS) is 30.7. The average molecular weight is 330 g/mol. The lowest BCUT2D eigenvalue weighted by Crippen LogP contribution is -2.53. The Morgan fingerprint density at radius 1 is 1.04 bits per heavy atom. The lowest BCUT2D eigenvalue weighted by Gasteiger charge is -2.36. The monoisotopic (exact) mass is 330 g/mol. The lowest BCUT2D eigenvalue weighted by molar-refractivity contribution is -0.183. The molecule has 0 bridgehead atoms. The van der Waals surface area contributed by atoms with Crippen molar-refractivity contribution in [2.24, 2.45) is 5.41 Å². The molecule has 0 N–H and O–H groups in total. The first-order valence-corrected chi connectivity index (χ1v) is 7.53. The van der Waals surface area contributed by atoms with Crippen LogP contribution in [0.15, 0.2) is 0 Å². The van der Waals surface area contributed by atoms with E-state index in [4.69, 9.17) is 18.9 Å². The molecule has 7 nitrogen and oxygen atoms in total. The van der Waals surface area contributed by atoms with Gasteiger partial charge >= 0.3 is 17.9 Å². The third-order valence-corrected chi connectivity index (χ3v) is 3.74. The molecule has 4 atom stereocenters. The minimum atomic E-state index is -1.25. The van der Waals surface area contributed by atoms with Crippen molar-refractivity contribution in [3.8, 4) is 0 Å². The fraction of sp³-hybridized carbons (Fsp3) is 0.812. The Kier molecular flexibility index (Phi) is 5.79. The molecule has 0 aromatic heterocycles. The van der Waals surface area contributed by atoms with E-state index < -0.39 is 41.8 Å². The molecule has 1 aliphatic rings. The molecule has 0 aromatic rings. The Balaban J connectivity index is 3.21. The van der Waals surface area contributed by atoms with Crippen molar-refractivity contribution in [3.05, 3.63) is 0 Å². The Hall–Kier alpha value is -1.63. The van der Waals surface area contributed by atoms with E-state index in [0.717, 1.165) is 0 Å². The standard InChI is InChI=1S/C16H26O7/c1-9(17)20-8-12-16(7,23-11(3)19)14(21-10(2)18)13(22-12)15(4,5)6/h12-14H,8H2,1-7H3/t12-,13-,14+,16+/m1/s1. The number of carbonyl (C=O) groups is 3. The Labute approximate surface area is 136 Å². The van der Waals surface area contributed by atoms with Crippen LogP contribution >= 0.6 is 0 Å². The number of hydrogen-bond donors (Lipinski definition) is 0. The molecule has 23 heavy (non-hydrogen) atoms. The van der Waals surface area contributed by atoms with E-state index in [-0.39, 0.29) is 12.0 Å². The quantitative estimate of drug-likeness (QED) is 0.571. The molecule has 1 saturated heterocycles. The summed E-state index contributed by atoms with van der Waals surface area (Å²) < 4.78 is 21.9. The van der Waals surface area contributed by atoms with Crippen molar-refractivity contribution < 1.29 is 33.3 Å². The molecular weight excluding hydrogens is 304 g/mol. The first-order valence-electron chi connectivity index (χ1n) is 7.53. The summed E-state index contributed by atoms with van der Waals surface area (Å²) in [4.78, 5) is 34.2. The minimum Gasteiger partial charge on any atom is -0.463 e. The molecule has 1 heterocycles. The second kappa shape index (κ2) is 6.86. The van der Waals surface area contributed by atoms with Crippen LogP contribution in [0.3, 0.4) is 0 Å². The molecule has 7 heteroatoms. The van der Waals surface area contributed by atoms with Crippen LogP contribution in [-0.2, 0) is 33.3 Å². The second-order valence-corrected chi connectivity index (χ2v) is 7.02. The summed E-state index contributed by atoms with van der Waals surface area (Å²) >= 11 is 0. The summed E-state index contributed by atoms with van der Waals surface area (Å²) in [7, 11) is 0. The Morgan fingerprint density at radius 2 is 1.61 bits per heavy atom. The van der Waals surface area contributed by atoms with E-state index in [1.54, 1.807) is 6.92 Å². The van der Waals surface area contributed by atoms with Gasteiger partial charge < -0.3 is 18.9 Å². The zero-order valence-corrected chi connectivity index (χ0v) is 14.8. The van der Waals surface area contributed by atoms with Crippen molar-refractivity contribution in [2.45, 2.75) is 72.4 Å². The third kappa shape index (κ3) is 4.67. The molecule has 1 aliphatic heterocycles. The molecule has 1 fully saturated rings. The maximum atomic E-state index is 11.6. The van der Waals surface area contributed by atoms with Gasteiger partial charge in [0.1, 0.15) is 18.8 Å². The maximum absolute atomic E-state index is 11.6. The topological polar surface area (TPSA) is 88.1 Å². The van der Waals surface area contributed by atoms with Crippen LogP contribution in [0.2, 0.25) is 0 Å². The second-order valence-electron chi connectivity index (χ2n) is 7.02. The highest BCUT2D eigenvalue weighted by Gasteiger charge is 2.61. The highest BCUT2D eigenvalue weighted by Crippen LogP contribution is 2.43. The van der Waals surface area contributed by atoms with Crippen LogP contribution in [0.5, 0.6) is 0 Å². The van der Waals surface area contributed by atoms with Crippen LogP contribution in [0, 0.1) is 5.41 Å². The fourth-order valence-electron chi connectivity index (χ4n) is 2.71. The van der Waals surface area contributed by atoms with Gasteiger partial charge in [-0.25, -0.2) is 0 Å². The van der Waals surface area contributed by atoms with Crippen LogP contribution in [0.4, 0.5) is 0 Å². The van der Waals surface area contributed by atoms with Gasteiger partial charge in [0, 0.05) is 20.8 Å². The van der Waals surface area contributed by atoms with Crippen molar-refractivity contribution in [2.75, 3.05) is 6.61 Å². The fourth-order valence-corrected chi connectivity index (χ4v) is 2.71. The molecule has 0 aromatic carbocycles. The maximum Gasteiger partial charge on any atom is 0.303 e. The van der Waals surface area contributed by atoms with Crippen molar-refractivity contribution >= 4 is 17.9 Å². The highest BCUT2D eigenvalue weighted by atomic mass is 16.7. The predicted octanol–water partition coefficient (Wildman–Crippen LogP) is 1.62. The lowest BCUT2D eigenvalue weighted by atomic mass is 9.81. The highest BCUT2D eigenvalue weighted by molar-refractivity contribution is 5.68. The van der Waals surface area contributed by atoms with Gasteiger partial charge in [-0.15, -0.1) is 0 Å². The third-order valence-electron chi connectivity index (χ3n) is 3.74. The van der Waals surface area contributed by atoms with Gasteiger partial charge in [0.25, 0.3) is 0 Å². The first kappa shape index (κ1) is 19.4. The molecular formula is C16H26O7. The summed E-state index contributed by atoms with van der Waals surface area (Å²) in [5, 5.41) is 0. The van der Waals surface area contributed by atoms with Crippen molar-refractivity contribution in [1.82, 2.24) is 0 Å². The van der Waals surface area contributed by atoms with E-state index >= 15 is 0 Å². The smallest absolute Gasteiger partial charge is 0.303 e. The molecule has 1 rings (SSSR count). The summed E-state index contributed by atoms with van der Waals surface area (Å²) in [6.07, 6.45) is -2.05. The van der Waals surface area contributed by atoms with E-state index in [1.807, 2.05) is 20.8 Å². The van der Waals surface area contributed by atoms with Crippen LogP contribution in [-0.4, -0.2) is 48.4 Å². The number of carbonyl (C=O) groups excluding carboxylic acids is 3. The van der Waals surface area contributed by atoms with E-state index in [2.05, 4.69) is 0 Å². The zero-order valence-electron chi connectivity index (χ0n) is 14.8. The summed E-state index contributed by atoms with van der Waals surface area (Å²) in [5.41, 5.74) is -1.63. The van der Waals surface area contributed by atoms with Crippen molar-refractivity contribution in [1.29, 1.82) is 0 Å². The van der Waals surface area contributed by atoms with Gasteiger partial charge in [-0.3, -0.25) is 14.4 Å². The number of rotatable bonds is 4. The molecule has 0 unspecified atom stereocenters. The predicted molar refractivity (Wildman–Crippen MR) is 80.5 cm³/mol. The Morgan fingerprint density at radius 3 is 2.00 bits per heavy atom. The summed E-state index contributed by atoms with van der Waals surface area (Å²) in [6, 6.07) is 0. The zero-order chi connectivity index (χ0) is 18.0. The number of ether oxygens (including phenoxy) is 4. The largest absolute Gasteiger partial charge is 0.463 e. The van der Waals surface area contributed by atoms with Gasteiger partial charge in [0.2, 0.25) is 0 Å². The van der Waals surface area contributed by atoms with E-state index in [1.165, 1.54) is 20.8 Å². The summed E-state index contributed by atoms with van der Waals surface area (Å²) in [5.74, 6) is -1.50. The minimum absolute atomic E-state index is 0.0938. The van der Waals surface area contributed by atoms with Crippen LogP contribution < -0.4 is 0 Å². The molecule has 0 saturated carbocycles. The van der Waals surface area contributed by atoms with Crippen LogP contribution in [0.25, 0.3) is 0 Å². The van der Waals surface area contributed by atoms with Gasteiger partial charge in [-0.05, 0) is 12.3 Å². The summed E-state index contributed by atoms with van der Waals surface area (Å²) in [6.45, 7) is 11.1. The average Bonchev–Trinajstić information content (AvgIpc) is 2.58. The van der Waals surface area contributed by atoms with Gasteiger partial charge in [-0.1, -0.05) is 20.8 Å². The first-order chi connectivity index (χ1) is 10.4. The van der Waals surface area contributed by atoms with Gasteiger partial charge in [0.05, 0.1) is 0 Å².